The first kappa shape index (κ1) is 17.6. The van der Waals surface area contributed by atoms with Gasteiger partial charge < -0.3 is 5.32 Å². The molecule has 132 valence electrons. The highest BCUT2D eigenvalue weighted by atomic mass is 32.2. The van der Waals surface area contributed by atoms with Crippen molar-refractivity contribution in [2.24, 2.45) is 0 Å². The van der Waals surface area contributed by atoms with E-state index in [-0.39, 0.29) is 23.4 Å². The van der Waals surface area contributed by atoms with E-state index in [9.17, 15) is 13.2 Å². The Morgan fingerprint density at radius 2 is 1.80 bits per heavy atom. The fourth-order valence-electron chi connectivity index (χ4n) is 3.20. The molecule has 0 unspecified atom stereocenters. The first-order valence-corrected chi connectivity index (χ1v) is 9.81. The van der Waals surface area contributed by atoms with E-state index in [1.165, 1.54) is 24.7 Å². The van der Waals surface area contributed by atoms with Gasteiger partial charge in [-0.15, -0.1) is 0 Å². The molecule has 1 atom stereocenters. The van der Waals surface area contributed by atoms with E-state index in [4.69, 9.17) is 0 Å². The molecule has 2 aromatic carbocycles. The maximum Gasteiger partial charge on any atom is 0.243 e. The number of nitrogens with zero attached hydrogens (tertiary/aromatic N) is 1. The van der Waals surface area contributed by atoms with Crippen LogP contribution in [0.1, 0.15) is 30.0 Å². The van der Waals surface area contributed by atoms with Gasteiger partial charge in [-0.1, -0.05) is 42.5 Å². The van der Waals surface area contributed by atoms with Crippen LogP contribution in [0, 0.1) is 0 Å². The smallest absolute Gasteiger partial charge is 0.243 e. The van der Waals surface area contributed by atoms with Gasteiger partial charge in [-0.3, -0.25) is 4.79 Å². The van der Waals surface area contributed by atoms with Crippen LogP contribution in [0.3, 0.4) is 0 Å². The highest BCUT2D eigenvalue weighted by molar-refractivity contribution is 7.89. The van der Waals surface area contributed by atoms with E-state index >= 15 is 0 Å². The molecule has 2 aromatic rings. The maximum atomic E-state index is 12.5. The fourth-order valence-corrected chi connectivity index (χ4v) is 4.35. The van der Waals surface area contributed by atoms with Crippen LogP contribution in [0.25, 0.3) is 0 Å². The Bertz CT molecular complexity index is 850. The second kappa shape index (κ2) is 7.37. The number of hydrogen-bond acceptors (Lipinski definition) is 3. The normalized spacial score (nSPS) is 17.1. The maximum absolute atomic E-state index is 12.5. The molecule has 0 saturated carbocycles. The van der Waals surface area contributed by atoms with E-state index in [1.54, 1.807) is 18.2 Å². The van der Waals surface area contributed by atoms with Crippen molar-refractivity contribution in [2.75, 3.05) is 13.6 Å². The van der Waals surface area contributed by atoms with E-state index in [0.29, 0.717) is 0 Å². The van der Waals surface area contributed by atoms with Gasteiger partial charge in [0.1, 0.15) is 0 Å². The van der Waals surface area contributed by atoms with Gasteiger partial charge in [0.05, 0.1) is 17.5 Å². The van der Waals surface area contributed by atoms with Gasteiger partial charge in [-0.05, 0) is 42.5 Å². The lowest BCUT2D eigenvalue weighted by Gasteiger charge is -2.27. The zero-order valence-corrected chi connectivity index (χ0v) is 15.0. The Morgan fingerprint density at radius 3 is 2.56 bits per heavy atom. The molecule has 0 fully saturated rings. The average Bonchev–Trinajstić information content (AvgIpc) is 2.62. The van der Waals surface area contributed by atoms with Gasteiger partial charge in [0.15, 0.2) is 0 Å². The second-order valence-corrected chi connectivity index (χ2v) is 8.33. The predicted octanol–water partition coefficient (Wildman–Crippen LogP) is 2.50. The van der Waals surface area contributed by atoms with Gasteiger partial charge in [-0.25, -0.2) is 8.42 Å². The van der Waals surface area contributed by atoms with Crippen LogP contribution < -0.4 is 5.32 Å². The lowest BCUT2D eigenvalue weighted by Crippen LogP contribution is -2.40. The van der Waals surface area contributed by atoms with Gasteiger partial charge in [-0.2, -0.15) is 4.31 Å². The molecule has 0 aliphatic heterocycles. The molecule has 0 radical (unpaired) electrons. The first-order valence-electron chi connectivity index (χ1n) is 8.37. The molecule has 1 aliphatic rings. The second-order valence-electron chi connectivity index (χ2n) is 6.29. The summed E-state index contributed by atoms with van der Waals surface area (Å²) in [6.07, 6.45) is 2.91. The molecule has 0 spiro atoms. The fraction of sp³-hybridized carbons (Fsp3) is 0.316. The van der Waals surface area contributed by atoms with Gasteiger partial charge in [0, 0.05) is 7.05 Å². The van der Waals surface area contributed by atoms with Gasteiger partial charge >= 0.3 is 0 Å². The van der Waals surface area contributed by atoms with Crippen molar-refractivity contribution in [2.45, 2.75) is 30.2 Å². The van der Waals surface area contributed by atoms with Crippen molar-refractivity contribution < 1.29 is 13.2 Å². The van der Waals surface area contributed by atoms with Gasteiger partial charge in [0.2, 0.25) is 15.9 Å². The largest absolute Gasteiger partial charge is 0.348 e. The molecule has 6 heteroatoms. The number of hydrogen-bond donors (Lipinski definition) is 1. The molecule has 0 heterocycles. The van der Waals surface area contributed by atoms with Crippen molar-refractivity contribution >= 4 is 15.9 Å². The first-order chi connectivity index (χ1) is 12.0. The molecule has 1 amide bonds. The van der Waals surface area contributed by atoms with E-state index in [0.717, 1.165) is 29.1 Å². The average molecular weight is 358 g/mol. The van der Waals surface area contributed by atoms with Crippen molar-refractivity contribution in [1.29, 1.82) is 0 Å². The van der Waals surface area contributed by atoms with Crippen LogP contribution in [0.4, 0.5) is 0 Å². The number of sulfonamides is 1. The van der Waals surface area contributed by atoms with Crippen molar-refractivity contribution in [3.05, 3.63) is 65.7 Å². The standard InChI is InChI=1S/C19H22N2O3S/c1-21(25(23,24)16-10-3-2-4-11-16)14-19(22)20-18-13-7-9-15-8-5-6-12-17(15)18/h2-6,8,10-12,18H,7,9,13-14H2,1H3,(H,20,22)/t18-/m1/s1. The third-order valence-electron chi connectivity index (χ3n) is 4.52. The SMILES string of the molecule is CN(CC(=O)N[C@@H]1CCCc2ccccc21)S(=O)(=O)c1ccccc1. The minimum absolute atomic E-state index is 0.0507. The molecule has 1 aliphatic carbocycles. The quantitative estimate of drug-likeness (QED) is 0.893. The van der Waals surface area contributed by atoms with Crippen LogP contribution in [-0.4, -0.2) is 32.2 Å². The Hall–Kier alpha value is -2.18. The summed E-state index contributed by atoms with van der Waals surface area (Å²) in [4.78, 5) is 12.6. The van der Waals surface area contributed by atoms with E-state index < -0.39 is 10.0 Å². The number of fused-ring (bicyclic) bond motifs is 1. The summed E-state index contributed by atoms with van der Waals surface area (Å²) in [6, 6.07) is 16.2. The zero-order chi connectivity index (χ0) is 17.9. The summed E-state index contributed by atoms with van der Waals surface area (Å²) in [5, 5.41) is 2.98. The number of carbonyl (C=O) groups excluding carboxylic acids is 1. The van der Waals surface area contributed by atoms with Crippen molar-refractivity contribution in [3.8, 4) is 0 Å². The molecule has 0 bridgehead atoms. The Labute approximate surface area is 148 Å². The molecular formula is C19H22N2O3S. The summed E-state index contributed by atoms with van der Waals surface area (Å²) in [7, 11) is -2.24. The molecule has 25 heavy (non-hydrogen) atoms. The monoisotopic (exact) mass is 358 g/mol. The van der Waals surface area contributed by atoms with Crippen LogP contribution in [-0.2, 0) is 21.2 Å². The summed E-state index contributed by atoms with van der Waals surface area (Å²) in [5.74, 6) is -0.288. The Kier molecular flexibility index (Phi) is 5.20. The number of likely N-dealkylation sites (N-methyl/N-ethyl adjacent to an activating group) is 1. The molecular weight excluding hydrogens is 336 g/mol. The number of amides is 1. The number of aryl methyl sites for hydroxylation is 1. The summed E-state index contributed by atoms with van der Waals surface area (Å²) < 4.78 is 26.1. The molecule has 0 saturated heterocycles. The summed E-state index contributed by atoms with van der Waals surface area (Å²) in [5.41, 5.74) is 2.39. The molecule has 5 nitrogen and oxygen atoms in total. The van der Waals surface area contributed by atoms with Crippen LogP contribution in [0.2, 0.25) is 0 Å². The third kappa shape index (κ3) is 3.91. The van der Waals surface area contributed by atoms with E-state index in [1.807, 2.05) is 18.2 Å². The van der Waals surface area contributed by atoms with Crippen molar-refractivity contribution in [3.63, 3.8) is 0 Å². The van der Waals surface area contributed by atoms with Crippen LogP contribution in [0.15, 0.2) is 59.5 Å². The topological polar surface area (TPSA) is 66.5 Å². The zero-order valence-electron chi connectivity index (χ0n) is 14.2. The van der Waals surface area contributed by atoms with Crippen LogP contribution >= 0.6 is 0 Å². The Balaban J connectivity index is 1.67. The Morgan fingerprint density at radius 1 is 1.12 bits per heavy atom. The lowest BCUT2D eigenvalue weighted by atomic mass is 9.88. The number of nitrogens with one attached hydrogen (secondary N) is 1. The number of carbonyl (C=O) groups is 1. The molecule has 0 aromatic heterocycles. The summed E-state index contributed by atoms with van der Waals surface area (Å²) in [6.45, 7) is -0.199. The third-order valence-corrected chi connectivity index (χ3v) is 6.34. The molecule has 1 N–H and O–H groups in total. The lowest BCUT2D eigenvalue weighted by molar-refractivity contribution is -0.122. The van der Waals surface area contributed by atoms with Gasteiger partial charge in [0.25, 0.3) is 0 Å². The number of benzene rings is 2. The summed E-state index contributed by atoms with van der Waals surface area (Å²) >= 11 is 0. The molecule has 3 rings (SSSR count). The predicted molar refractivity (Wildman–Crippen MR) is 96.5 cm³/mol. The highest BCUT2D eigenvalue weighted by Crippen LogP contribution is 2.29. The van der Waals surface area contributed by atoms with Crippen LogP contribution in [0.5, 0.6) is 0 Å². The minimum atomic E-state index is -3.66. The van der Waals surface area contributed by atoms with E-state index in [2.05, 4.69) is 11.4 Å². The minimum Gasteiger partial charge on any atom is -0.348 e. The van der Waals surface area contributed by atoms with Crippen molar-refractivity contribution in [1.82, 2.24) is 9.62 Å². The number of rotatable bonds is 5. The highest BCUT2D eigenvalue weighted by Gasteiger charge is 2.25.